The highest BCUT2D eigenvalue weighted by Gasteiger charge is 2.18. The maximum absolute atomic E-state index is 12.0. The Morgan fingerprint density at radius 2 is 1.79 bits per heavy atom. The van der Waals surface area contributed by atoms with Crippen LogP contribution >= 0.6 is 0 Å². The zero-order valence-corrected chi connectivity index (χ0v) is 10.2. The molecule has 0 fully saturated rings. The molecule has 1 N–H and O–H groups in total. The van der Waals surface area contributed by atoms with Gasteiger partial charge in [0.1, 0.15) is 5.78 Å². The summed E-state index contributed by atoms with van der Waals surface area (Å²) in [5.41, 5.74) is 3.35. The number of rotatable bonds is 2. The van der Waals surface area contributed by atoms with Crippen molar-refractivity contribution in [3.05, 3.63) is 59.4 Å². The van der Waals surface area contributed by atoms with Gasteiger partial charge in [-0.15, -0.1) is 0 Å². The first-order valence-electron chi connectivity index (χ1n) is 6.07. The zero-order valence-electron chi connectivity index (χ0n) is 10.2. The van der Waals surface area contributed by atoms with Crippen LogP contribution in [0, 0.1) is 0 Å². The Morgan fingerprint density at radius 3 is 2.58 bits per heavy atom. The average Bonchev–Trinajstić information content (AvgIpc) is 2.79. The fourth-order valence-corrected chi connectivity index (χ4v) is 2.23. The van der Waals surface area contributed by atoms with Crippen molar-refractivity contribution >= 4 is 17.4 Å². The van der Waals surface area contributed by atoms with Crippen molar-refractivity contribution in [2.24, 2.45) is 0 Å². The van der Waals surface area contributed by atoms with Gasteiger partial charge in [-0.3, -0.25) is 14.6 Å². The molecule has 1 aromatic carbocycles. The van der Waals surface area contributed by atoms with Crippen LogP contribution in [0.4, 0.5) is 5.69 Å². The third-order valence-corrected chi connectivity index (χ3v) is 3.18. The summed E-state index contributed by atoms with van der Waals surface area (Å²) in [6.07, 6.45) is 4.13. The maximum Gasteiger partial charge on any atom is 0.255 e. The molecule has 94 valence electrons. The highest BCUT2D eigenvalue weighted by Crippen LogP contribution is 2.23. The summed E-state index contributed by atoms with van der Waals surface area (Å²) in [4.78, 5) is 27.2. The van der Waals surface area contributed by atoms with Crippen LogP contribution in [0.1, 0.15) is 21.5 Å². The second kappa shape index (κ2) is 4.65. The van der Waals surface area contributed by atoms with E-state index in [0.717, 1.165) is 16.8 Å². The number of nitrogens with one attached hydrogen (secondary N) is 1. The highest BCUT2D eigenvalue weighted by atomic mass is 16.1. The van der Waals surface area contributed by atoms with Crippen LogP contribution < -0.4 is 5.32 Å². The van der Waals surface area contributed by atoms with E-state index in [4.69, 9.17) is 0 Å². The maximum atomic E-state index is 12.0. The molecule has 0 unspecified atom stereocenters. The molecule has 19 heavy (non-hydrogen) atoms. The number of carbonyl (C=O) groups is 2. The first kappa shape index (κ1) is 11.6. The molecular weight excluding hydrogens is 240 g/mol. The van der Waals surface area contributed by atoms with Gasteiger partial charge in [0, 0.05) is 36.5 Å². The summed E-state index contributed by atoms with van der Waals surface area (Å²) in [5, 5.41) is 2.82. The minimum Gasteiger partial charge on any atom is -0.322 e. The minimum atomic E-state index is -0.174. The highest BCUT2D eigenvalue weighted by molar-refractivity contribution is 6.04. The van der Waals surface area contributed by atoms with E-state index in [-0.39, 0.29) is 11.7 Å². The van der Waals surface area contributed by atoms with Crippen molar-refractivity contribution in [1.29, 1.82) is 0 Å². The molecule has 1 heterocycles. The second-order valence-electron chi connectivity index (χ2n) is 4.57. The van der Waals surface area contributed by atoms with Gasteiger partial charge in [-0.2, -0.15) is 0 Å². The van der Waals surface area contributed by atoms with Crippen LogP contribution in [0.25, 0.3) is 0 Å². The van der Waals surface area contributed by atoms with Crippen molar-refractivity contribution in [2.45, 2.75) is 12.8 Å². The lowest BCUT2D eigenvalue weighted by Gasteiger charge is -2.07. The standard InChI is InChI=1S/C15H12N2O2/c18-14-8-11-1-2-13(7-12(11)9-14)17-15(19)10-3-5-16-6-4-10/h1-7H,8-9H2,(H,17,19). The van der Waals surface area contributed by atoms with Crippen molar-refractivity contribution in [3.63, 3.8) is 0 Å². The molecule has 2 aromatic rings. The van der Waals surface area contributed by atoms with Gasteiger partial charge >= 0.3 is 0 Å². The first-order valence-corrected chi connectivity index (χ1v) is 6.07. The number of hydrogen-bond donors (Lipinski definition) is 1. The predicted octanol–water partition coefficient (Wildman–Crippen LogP) is 2.00. The van der Waals surface area contributed by atoms with Crippen LogP contribution in [0.5, 0.6) is 0 Å². The van der Waals surface area contributed by atoms with Crippen molar-refractivity contribution in [2.75, 3.05) is 5.32 Å². The lowest BCUT2D eigenvalue weighted by molar-refractivity contribution is -0.117. The second-order valence-corrected chi connectivity index (χ2v) is 4.57. The van der Waals surface area contributed by atoms with Gasteiger partial charge in [0.25, 0.3) is 5.91 Å². The average molecular weight is 252 g/mol. The lowest BCUT2D eigenvalue weighted by Crippen LogP contribution is -2.11. The summed E-state index contributed by atoms with van der Waals surface area (Å²) in [6, 6.07) is 8.93. The van der Waals surface area contributed by atoms with Crippen LogP contribution in [0.3, 0.4) is 0 Å². The minimum absolute atomic E-state index is 0.174. The SMILES string of the molecule is O=C1Cc2ccc(NC(=O)c3ccncc3)cc2C1. The number of anilines is 1. The molecule has 4 nitrogen and oxygen atoms in total. The molecule has 0 spiro atoms. The quantitative estimate of drug-likeness (QED) is 0.889. The number of ketones is 1. The number of hydrogen-bond acceptors (Lipinski definition) is 3. The third kappa shape index (κ3) is 2.38. The van der Waals surface area contributed by atoms with E-state index in [9.17, 15) is 9.59 Å². The number of nitrogens with zero attached hydrogens (tertiary/aromatic N) is 1. The smallest absolute Gasteiger partial charge is 0.255 e. The fraction of sp³-hybridized carbons (Fsp3) is 0.133. The Hall–Kier alpha value is -2.49. The Labute approximate surface area is 110 Å². The number of carbonyl (C=O) groups excluding carboxylic acids is 2. The predicted molar refractivity (Wildman–Crippen MR) is 71.0 cm³/mol. The Kier molecular flexibility index (Phi) is 2.83. The number of amides is 1. The van der Waals surface area contributed by atoms with Crippen molar-refractivity contribution < 1.29 is 9.59 Å². The first-order chi connectivity index (χ1) is 9.22. The van der Waals surface area contributed by atoms with E-state index in [1.54, 1.807) is 24.5 Å². The normalized spacial score (nSPS) is 13.2. The van der Waals surface area contributed by atoms with E-state index >= 15 is 0 Å². The van der Waals surface area contributed by atoms with E-state index in [1.165, 1.54) is 0 Å². The Bertz CT molecular complexity index is 650. The van der Waals surface area contributed by atoms with Crippen LogP contribution in [-0.4, -0.2) is 16.7 Å². The van der Waals surface area contributed by atoms with Crippen molar-refractivity contribution in [3.8, 4) is 0 Å². The van der Waals surface area contributed by atoms with Gasteiger partial charge in [-0.25, -0.2) is 0 Å². The topological polar surface area (TPSA) is 59.1 Å². The lowest BCUT2D eigenvalue weighted by atomic mass is 10.1. The molecular formula is C15H12N2O2. The number of benzene rings is 1. The fourth-order valence-electron chi connectivity index (χ4n) is 2.23. The van der Waals surface area contributed by atoms with Gasteiger partial charge in [0.15, 0.2) is 0 Å². The van der Waals surface area contributed by atoms with Crippen LogP contribution in [0.15, 0.2) is 42.7 Å². The summed E-state index contributed by atoms with van der Waals surface area (Å²) in [7, 11) is 0. The molecule has 0 saturated carbocycles. The molecule has 0 bridgehead atoms. The molecule has 0 aliphatic heterocycles. The zero-order chi connectivity index (χ0) is 13.2. The molecule has 0 saturated heterocycles. The third-order valence-electron chi connectivity index (χ3n) is 3.18. The summed E-state index contributed by atoms with van der Waals surface area (Å²) >= 11 is 0. The Balaban J connectivity index is 1.80. The molecule has 1 aliphatic carbocycles. The van der Waals surface area contributed by atoms with Gasteiger partial charge in [0.2, 0.25) is 0 Å². The van der Waals surface area contributed by atoms with Gasteiger partial charge in [-0.1, -0.05) is 6.07 Å². The van der Waals surface area contributed by atoms with Gasteiger partial charge in [-0.05, 0) is 35.4 Å². The monoisotopic (exact) mass is 252 g/mol. The molecule has 1 aliphatic rings. The summed E-state index contributed by atoms with van der Waals surface area (Å²) in [6.45, 7) is 0. The summed E-state index contributed by atoms with van der Waals surface area (Å²) < 4.78 is 0. The molecule has 0 atom stereocenters. The summed E-state index contributed by atoms with van der Waals surface area (Å²) in [5.74, 6) is 0.0549. The number of aromatic nitrogens is 1. The van der Waals surface area contributed by atoms with E-state index in [0.29, 0.717) is 18.4 Å². The number of pyridine rings is 1. The molecule has 1 aromatic heterocycles. The molecule has 0 radical (unpaired) electrons. The number of fused-ring (bicyclic) bond motifs is 1. The van der Waals surface area contributed by atoms with Gasteiger partial charge in [0.05, 0.1) is 0 Å². The number of Topliss-reactive ketones (excluding diaryl/α,β-unsaturated/α-hetero) is 1. The van der Waals surface area contributed by atoms with Crippen LogP contribution in [0.2, 0.25) is 0 Å². The van der Waals surface area contributed by atoms with Crippen molar-refractivity contribution in [1.82, 2.24) is 4.98 Å². The van der Waals surface area contributed by atoms with E-state index in [2.05, 4.69) is 10.3 Å². The van der Waals surface area contributed by atoms with E-state index in [1.807, 2.05) is 18.2 Å². The molecule has 3 rings (SSSR count). The molecule has 1 amide bonds. The largest absolute Gasteiger partial charge is 0.322 e. The van der Waals surface area contributed by atoms with Crippen LogP contribution in [-0.2, 0) is 17.6 Å². The van der Waals surface area contributed by atoms with Gasteiger partial charge < -0.3 is 5.32 Å². The van der Waals surface area contributed by atoms with E-state index < -0.39 is 0 Å². The Morgan fingerprint density at radius 1 is 1.05 bits per heavy atom. The molecule has 4 heteroatoms.